The van der Waals surface area contributed by atoms with Gasteiger partial charge in [0.1, 0.15) is 10.7 Å². The molecule has 2 aromatic carbocycles. The van der Waals surface area contributed by atoms with E-state index in [0.29, 0.717) is 11.2 Å². The van der Waals surface area contributed by atoms with Crippen LogP contribution in [-0.2, 0) is 14.8 Å². The lowest BCUT2D eigenvalue weighted by Gasteiger charge is -2.26. The Labute approximate surface area is 167 Å². The maximum atomic E-state index is 14.3. The molecule has 29 heavy (non-hydrogen) atoms. The zero-order valence-electron chi connectivity index (χ0n) is 15.3. The molecular weight excluding hydrogens is 397 g/mol. The largest absolute Gasteiger partial charge is 0.379 e. The van der Waals surface area contributed by atoms with Crippen molar-refractivity contribution in [1.82, 2.24) is 9.29 Å². The highest BCUT2D eigenvalue weighted by molar-refractivity contribution is 7.89. The minimum Gasteiger partial charge on any atom is -0.379 e. The molecule has 150 valence electrons. The fourth-order valence-electron chi connectivity index (χ4n) is 3.18. The lowest BCUT2D eigenvalue weighted by Crippen LogP contribution is -2.41. The number of morpholine rings is 1. The number of anilines is 1. The number of amides is 1. The third-order valence-electron chi connectivity index (χ3n) is 4.68. The lowest BCUT2D eigenvalue weighted by atomic mass is 10.1. The summed E-state index contributed by atoms with van der Waals surface area (Å²) in [6, 6.07) is 12.2. The zero-order chi connectivity index (χ0) is 20.4. The van der Waals surface area contributed by atoms with E-state index in [9.17, 15) is 17.6 Å². The number of sulfonamides is 1. The fourth-order valence-corrected chi connectivity index (χ4v) is 4.67. The molecule has 7 nitrogen and oxygen atoms in total. The number of ether oxygens (including phenoxy) is 1. The summed E-state index contributed by atoms with van der Waals surface area (Å²) in [6.07, 6.45) is 1.65. The van der Waals surface area contributed by atoms with E-state index in [1.807, 2.05) is 12.1 Å². The molecule has 0 unspecified atom stereocenters. The number of hydrogen-bond donors (Lipinski definition) is 1. The van der Waals surface area contributed by atoms with Crippen LogP contribution in [0.25, 0.3) is 10.9 Å². The van der Waals surface area contributed by atoms with Crippen molar-refractivity contribution >= 4 is 32.5 Å². The van der Waals surface area contributed by atoms with E-state index in [1.165, 1.54) is 6.07 Å². The molecule has 0 saturated carbocycles. The number of aromatic nitrogens is 1. The molecule has 9 heteroatoms. The number of rotatable bonds is 4. The third-order valence-corrected chi connectivity index (χ3v) is 6.59. The predicted octanol–water partition coefficient (Wildman–Crippen LogP) is 2.65. The molecule has 1 aromatic heterocycles. The van der Waals surface area contributed by atoms with Crippen LogP contribution in [-0.4, -0.2) is 49.9 Å². The fraction of sp³-hybridized carbons (Fsp3) is 0.200. The standard InChI is InChI=1S/C20H18FN3O4S/c21-16-7-6-14(13-19(16)29(26,27)24-9-11-28-12-10-24)20(25)23-18-5-1-4-17-15(18)3-2-8-22-17/h1-8,13H,9-12H2,(H,23,25). The topological polar surface area (TPSA) is 88.6 Å². The molecule has 0 bridgehead atoms. The lowest BCUT2D eigenvalue weighted by molar-refractivity contribution is 0.0729. The molecule has 2 heterocycles. The minimum atomic E-state index is -4.07. The van der Waals surface area contributed by atoms with Crippen LogP contribution in [0.4, 0.5) is 10.1 Å². The van der Waals surface area contributed by atoms with Gasteiger partial charge in [0.05, 0.1) is 24.4 Å². The Kier molecular flexibility index (Phi) is 5.27. The number of halogens is 1. The van der Waals surface area contributed by atoms with Gasteiger partial charge in [-0.3, -0.25) is 9.78 Å². The van der Waals surface area contributed by atoms with E-state index >= 15 is 0 Å². The summed E-state index contributed by atoms with van der Waals surface area (Å²) in [5.74, 6) is -1.44. The Morgan fingerprint density at radius 2 is 1.90 bits per heavy atom. The van der Waals surface area contributed by atoms with Crippen molar-refractivity contribution < 1.29 is 22.3 Å². The first kappa shape index (κ1) is 19.4. The first-order valence-corrected chi connectivity index (χ1v) is 10.4. The van der Waals surface area contributed by atoms with Crippen LogP contribution >= 0.6 is 0 Å². The maximum Gasteiger partial charge on any atom is 0.255 e. The van der Waals surface area contributed by atoms with Crippen LogP contribution in [0.15, 0.2) is 59.6 Å². The molecule has 1 fully saturated rings. The maximum absolute atomic E-state index is 14.3. The normalized spacial score (nSPS) is 15.3. The number of carbonyl (C=O) groups is 1. The summed E-state index contributed by atoms with van der Waals surface area (Å²) in [7, 11) is -4.07. The summed E-state index contributed by atoms with van der Waals surface area (Å²) < 4.78 is 46.3. The summed E-state index contributed by atoms with van der Waals surface area (Å²) in [5, 5.41) is 3.49. The smallest absolute Gasteiger partial charge is 0.255 e. The monoisotopic (exact) mass is 415 g/mol. The molecule has 0 atom stereocenters. The Hall–Kier alpha value is -2.88. The van der Waals surface area contributed by atoms with Gasteiger partial charge in [-0.1, -0.05) is 6.07 Å². The number of benzene rings is 2. The van der Waals surface area contributed by atoms with Crippen LogP contribution in [0.2, 0.25) is 0 Å². The van der Waals surface area contributed by atoms with E-state index in [0.717, 1.165) is 21.8 Å². The van der Waals surface area contributed by atoms with Gasteiger partial charge in [-0.05, 0) is 42.5 Å². The number of hydrogen-bond acceptors (Lipinski definition) is 5. The number of fused-ring (bicyclic) bond motifs is 1. The molecular formula is C20H18FN3O4S. The van der Waals surface area contributed by atoms with Crippen molar-refractivity contribution in [2.45, 2.75) is 4.90 Å². The number of pyridine rings is 1. The van der Waals surface area contributed by atoms with Crippen molar-refractivity contribution in [3.8, 4) is 0 Å². The van der Waals surface area contributed by atoms with Gasteiger partial charge in [0.15, 0.2) is 0 Å². The van der Waals surface area contributed by atoms with Gasteiger partial charge < -0.3 is 10.1 Å². The highest BCUT2D eigenvalue weighted by atomic mass is 32.2. The van der Waals surface area contributed by atoms with Gasteiger partial charge in [-0.2, -0.15) is 4.31 Å². The van der Waals surface area contributed by atoms with E-state index < -0.39 is 26.6 Å². The molecule has 1 amide bonds. The molecule has 1 aliphatic rings. The second-order valence-electron chi connectivity index (χ2n) is 6.49. The first-order chi connectivity index (χ1) is 14.0. The number of nitrogens with one attached hydrogen (secondary N) is 1. The Bertz CT molecular complexity index is 1170. The van der Waals surface area contributed by atoms with Gasteiger partial charge in [-0.25, -0.2) is 12.8 Å². The molecule has 1 saturated heterocycles. The van der Waals surface area contributed by atoms with Crippen LogP contribution in [0.1, 0.15) is 10.4 Å². The van der Waals surface area contributed by atoms with E-state index in [4.69, 9.17) is 4.74 Å². The van der Waals surface area contributed by atoms with Gasteiger partial charge in [0.2, 0.25) is 10.0 Å². The number of nitrogens with zero attached hydrogens (tertiary/aromatic N) is 2. The zero-order valence-corrected chi connectivity index (χ0v) is 16.2. The second kappa shape index (κ2) is 7.86. The summed E-state index contributed by atoms with van der Waals surface area (Å²) in [5.41, 5.74) is 1.28. The molecule has 3 aromatic rings. The quantitative estimate of drug-likeness (QED) is 0.708. The predicted molar refractivity (Wildman–Crippen MR) is 106 cm³/mol. The summed E-state index contributed by atoms with van der Waals surface area (Å²) in [4.78, 5) is 16.5. The molecule has 4 rings (SSSR count). The first-order valence-electron chi connectivity index (χ1n) is 8.99. The highest BCUT2D eigenvalue weighted by Gasteiger charge is 2.29. The average Bonchev–Trinajstić information content (AvgIpc) is 2.75. The van der Waals surface area contributed by atoms with Gasteiger partial charge in [-0.15, -0.1) is 0 Å². The SMILES string of the molecule is O=C(Nc1cccc2ncccc12)c1ccc(F)c(S(=O)(=O)N2CCOCC2)c1. The van der Waals surface area contributed by atoms with Gasteiger partial charge in [0.25, 0.3) is 5.91 Å². The second-order valence-corrected chi connectivity index (χ2v) is 8.40. The van der Waals surface area contributed by atoms with Crippen molar-refractivity contribution in [3.63, 3.8) is 0 Å². The van der Waals surface area contributed by atoms with E-state index in [-0.39, 0.29) is 31.9 Å². The molecule has 1 N–H and O–H groups in total. The van der Waals surface area contributed by atoms with Crippen LogP contribution in [0, 0.1) is 5.82 Å². The van der Waals surface area contributed by atoms with Crippen LogP contribution < -0.4 is 5.32 Å². The van der Waals surface area contributed by atoms with E-state index in [2.05, 4.69) is 10.3 Å². The molecule has 0 spiro atoms. The van der Waals surface area contributed by atoms with Crippen LogP contribution in [0.5, 0.6) is 0 Å². The average molecular weight is 415 g/mol. The third kappa shape index (κ3) is 3.84. The van der Waals surface area contributed by atoms with Gasteiger partial charge >= 0.3 is 0 Å². The van der Waals surface area contributed by atoms with Crippen molar-refractivity contribution in [2.75, 3.05) is 31.6 Å². The Morgan fingerprint density at radius 3 is 2.69 bits per heavy atom. The molecule has 0 aliphatic carbocycles. The molecule has 1 aliphatic heterocycles. The van der Waals surface area contributed by atoms with Gasteiger partial charge in [0, 0.05) is 30.2 Å². The summed E-state index contributed by atoms with van der Waals surface area (Å²) in [6.45, 7) is 0.773. The van der Waals surface area contributed by atoms with E-state index in [1.54, 1.807) is 24.4 Å². The van der Waals surface area contributed by atoms with Crippen molar-refractivity contribution in [3.05, 3.63) is 66.1 Å². The molecule has 0 radical (unpaired) electrons. The van der Waals surface area contributed by atoms with Crippen molar-refractivity contribution in [1.29, 1.82) is 0 Å². The highest BCUT2D eigenvalue weighted by Crippen LogP contribution is 2.24. The Morgan fingerprint density at radius 1 is 1.10 bits per heavy atom. The van der Waals surface area contributed by atoms with Crippen molar-refractivity contribution in [2.24, 2.45) is 0 Å². The van der Waals surface area contributed by atoms with Crippen LogP contribution in [0.3, 0.4) is 0 Å². The minimum absolute atomic E-state index is 0.0409. The number of carbonyl (C=O) groups excluding carboxylic acids is 1. The Balaban J connectivity index is 1.65. The summed E-state index contributed by atoms with van der Waals surface area (Å²) >= 11 is 0.